The van der Waals surface area contributed by atoms with Gasteiger partial charge in [0.15, 0.2) is 0 Å². The van der Waals surface area contributed by atoms with Gasteiger partial charge in [0.25, 0.3) is 0 Å². The highest BCUT2D eigenvalue weighted by molar-refractivity contribution is 8.00. The molecular formula is C13H17N5OS. The summed E-state index contributed by atoms with van der Waals surface area (Å²) in [5, 5.41) is 14.7. The van der Waals surface area contributed by atoms with E-state index in [1.165, 1.54) is 17.3 Å². The van der Waals surface area contributed by atoms with Crippen molar-refractivity contribution in [1.29, 1.82) is 0 Å². The standard InChI is InChI=1S/C13H17N5OS/c1-8-5-6-11(9(2)7-8)18-13(15-16-17-18)20-10(3)12(19)14-4/h5-7,10H,1-4H3,(H,14,19)/t10-/m1/s1. The number of hydrogen-bond donors (Lipinski definition) is 1. The molecule has 1 atom stereocenters. The molecule has 0 aliphatic carbocycles. The lowest BCUT2D eigenvalue weighted by atomic mass is 10.1. The second kappa shape index (κ2) is 6.04. The molecule has 0 saturated carbocycles. The van der Waals surface area contributed by atoms with E-state index in [4.69, 9.17) is 0 Å². The number of amides is 1. The number of carbonyl (C=O) groups is 1. The molecule has 0 saturated heterocycles. The van der Waals surface area contributed by atoms with E-state index in [2.05, 4.69) is 26.9 Å². The molecule has 1 heterocycles. The fraction of sp³-hybridized carbons (Fsp3) is 0.385. The predicted octanol–water partition coefficient (Wildman–Crippen LogP) is 1.51. The molecule has 0 fully saturated rings. The van der Waals surface area contributed by atoms with Gasteiger partial charge in [-0.05, 0) is 42.8 Å². The molecule has 1 amide bonds. The Balaban J connectivity index is 2.31. The highest BCUT2D eigenvalue weighted by Crippen LogP contribution is 2.24. The van der Waals surface area contributed by atoms with Crippen LogP contribution in [0.3, 0.4) is 0 Å². The highest BCUT2D eigenvalue weighted by Gasteiger charge is 2.18. The van der Waals surface area contributed by atoms with E-state index in [0.717, 1.165) is 11.3 Å². The fourth-order valence-electron chi connectivity index (χ4n) is 1.86. The van der Waals surface area contributed by atoms with Gasteiger partial charge < -0.3 is 5.32 Å². The molecule has 7 heteroatoms. The van der Waals surface area contributed by atoms with Crippen molar-refractivity contribution in [3.63, 3.8) is 0 Å². The van der Waals surface area contributed by atoms with Crippen LogP contribution in [0.4, 0.5) is 0 Å². The zero-order chi connectivity index (χ0) is 14.7. The summed E-state index contributed by atoms with van der Waals surface area (Å²) in [6.45, 7) is 5.88. The van der Waals surface area contributed by atoms with Crippen molar-refractivity contribution in [2.75, 3.05) is 7.05 Å². The quantitative estimate of drug-likeness (QED) is 0.864. The largest absolute Gasteiger partial charge is 0.358 e. The Hall–Kier alpha value is -1.89. The van der Waals surface area contributed by atoms with Crippen LogP contribution in [-0.2, 0) is 4.79 Å². The average Bonchev–Trinajstić information content (AvgIpc) is 2.85. The first-order valence-electron chi connectivity index (χ1n) is 6.27. The van der Waals surface area contributed by atoms with Crippen LogP contribution in [0.1, 0.15) is 18.1 Å². The zero-order valence-corrected chi connectivity index (χ0v) is 12.7. The third-order valence-electron chi connectivity index (χ3n) is 2.92. The van der Waals surface area contributed by atoms with Crippen LogP contribution in [0.25, 0.3) is 5.69 Å². The van der Waals surface area contributed by atoms with Gasteiger partial charge in [-0.15, -0.1) is 5.10 Å². The molecule has 0 aliphatic rings. The fourth-order valence-corrected chi connectivity index (χ4v) is 2.72. The van der Waals surface area contributed by atoms with Gasteiger partial charge in [-0.1, -0.05) is 29.5 Å². The average molecular weight is 291 g/mol. The number of rotatable bonds is 4. The molecule has 1 aromatic heterocycles. The normalized spacial score (nSPS) is 12.2. The second-order valence-electron chi connectivity index (χ2n) is 4.54. The van der Waals surface area contributed by atoms with Gasteiger partial charge >= 0.3 is 0 Å². The summed E-state index contributed by atoms with van der Waals surface area (Å²) >= 11 is 1.33. The van der Waals surface area contributed by atoms with E-state index >= 15 is 0 Å². The van der Waals surface area contributed by atoms with Crippen LogP contribution in [-0.4, -0.2) is 38.4 Å². The molecule has 0 unspecified atom stereocenters. The Morgan fingerprint density at radius 2 is 2.15 bits per heavy atom. The molecule has 6 nitrogen and oxygen atoms in total. The third-order valence-corrected chi connectivity index (χ3v) is 3.95. The van der Waals surface area contributed by atoms with Crippen molar-refractivity contribution >= 4 is 17.7 Å². The van der Waals surface area contributed by atoms with Crippen molar-refractivity contribution in [3.8, 4) is 5.69 Å². The molecule has 1 aromatic carbocycles. The predicted molar refractivity (Wildman–Crippen MR) is 78.0 cm³/mol. The Labute approximate surface area is 121 Å². The summed E-state index contributed by atoms with van der Waals surface area (Å²) in [4.78, 5) is 11.6. The number of nitrogens with zero attached hydrogens (tertiary/aromatic N) is 4. The number of carbonyl (C=O) groups excluding carboxylic acids is 1. The van der Waals surface area contributed by atoms with Crippen molar-refractivity contribution in [1.82, 2.24) is 25.5 Å². The second-order valence-corrected chi connectivity index (χ2v) is 5.85. The maximum Gasteiger partial charge on any atom is 0.233 e. The molecule has 0 bridgehead atoms. The maximum absolute atomic E-state index is 11.6. The summed E-state index contributed by atoms with van der Waals surface area (Å²) < 4.78 is 1.67. The van der Waals surface area contributed by atoms with Gasteiger partial charge in [0.05, 0.1) is 10.9 Å². The monoisotopic (exact) mass is 291 g/mol. The number of aryl methyl sites for hydroxylation is 2. The molecule has 106 valence electrons. The van der Waals surface area contributed by atoms with Crippen LogP contribution in [0.5, 0.6) is 0 Å². The first-order valence-corrected chi connectivity index (χ1v) is 7.15. The van der Waals surface area contributed by atoms with Crippen LogP contribution < -0.4 is 5.32 Å². The Kier molecular flexibility index (Phi) is 4.39. The van der Waals surface area contributed by atoms with Gasteiger partial charge in [-0.3, -0.25) is 4.79 Å². The summed E-state index contributed by atoms with van der Waals surface area (Å²) in [6, 6.07) is 6.07. The number of thioether (sulfide) groups is 1. The number of hydrogen-bond acceptors (Lipinski definition) is 5. The minimum Gasteiger partial charge on any atom is -0.358 e. The van der Waals surface area contributed by atoms with E-state index in [1.54, 1.807) is 11.7 Å². The van der Waals surface area contributed by atoms with Gasteiger partial charge in [0, 0.05) is 7.05 Å². The lowest BCUT2D eigenvalue weighted by Crippen LogP contribution is -2.27. The summed E-state index contributed by atoms with van der Waals surface area (Å²) in [7, 11) is 1.62. The number of nitrogens with one attached hydrogen (secondary N) is 1. The van der Waals surface area contributed by atoms with Crippen molar-refractivity contribution in [3.05, 3.63) is 29.3 Å². The van der Waals surface area contributed by atoms with Crippen LogP contribution >= 0.6 is 11.8 Å². The van der Waals surface area contributed by atoms with Gasteiger partial charge in [-0.25, -0.2) is 0 Å². The third kappa shape index (κ3) is 2.98. The molecule has 1 N–H and O–H groups in total. The minimum atomic E-state index is -0.254. The lowest BCUT2D eigenvalue weighted by Gasteiger charge is -2.11. The van der Waals surface area contributed by atoms with Gasteiger partial charge in [-0.2, -0.15) is 4.68 Å². The van der Waals surface area contributed by atoms with Gasteiger partial charge in [0.1, 0.15) is 0 Å². The number of aromatic nitrogens is 4. The van der Waals surface area contributed by atoms with E-state index in [-0.39, 0.29) is 11.2 Å². The molecular weight excluding hydrogens is 274 g/mol. The van der Waals surface area contributed by atoms with Crippen LogP contribution in [0.2, 0.25) is 0 Å². The highest BCUT2D eigenvalue weighted by atomic mass is 32.2. The van der Waals surface area contributed by atoms with Crippen LogP contribution in [0, 0.1) is 13.8 Å². The topological polar surface area (TPSA) is 72.7 Å². The van der Waals surface area contributed by atoms with E-state index < -0.39 is 0 Å². The molecule has 20 heavy (non-hydrogen) atoms. The smallest absolute Gasteiger partial charge is 0.233 e. The summed E-state index contributed by atoms with van der Waals surface area (Å²) in [5.74, 6) is -0.0508. The molecule has 2 aromatic rings. The Bertz CT molecular complexity index is 625. The van der Waals surface area contributed by atoms with E-state index in [0.29, 0.717) is 5.16 Å². The minimum absolute atomic E-state index is 0.0508. The number of tetrazole rings is 1. The molecule has 0 radical (unpaired) electrons. The molecule has 2 rings (SSSR count). The lowest BCUT2D eigenvalue weighted by molar-refractivity contribution is -0.119. The maximum atomic E-state index is 11.6. The summed E-state index contributed by atoms with van der Waals surface area (Å²) in [5.41, 5.74) is 3.20. The summed E-state index contributed by atoms with van der Waals surface area (Å²) in [6.07, 6.45) is 0. The number of benzene rings is 1. The van der Waals surface area contributed by atoms with E-state index in [1.807, 2.05) is 32.9 Å². The van der Waals surface area contributed by atoms with Crippen LogP contribution in [0.15, 0.2) is 23.4 Å². The Morgan fingerprint density at radius 1 is 1.40 bits per heavy atom. The SMILES string of the molecule is CNC(=O)[C@@H](C)Sc1nnnn1-c1ccc(C)cc1C. The molecule has 0 aliphatic heterocycles. The zero-order valence-electron chi connectivity index (χ0n) is 11.9. The van der Waals surface area contributed by atoms with E-state index in [9.17, 15) is 4.79 Å². The van der Waals surface area contributed by atoms with Gasteiger partial charge in [0.2, 0.25) is 11.1 Å². The first kappa shape index (κ1) is 14.5. The first-order chi connectivity index (χ1) is 9.52. The van der Waals surface area contributed by atoms with Crippen molar-refractivity contribution in [2.45, 2.75) is 31.2 Å². The van der Waals surface area contributed by atoms with Crippen molar-refractivity contribution < 1.29 is 4.79 Å². The molecule has 0 spiro atoms. The van der Waals surface area contributed by atoms with Crippen molar-refractivity contribution in [2.24, 2.45) is 0 Å². The Morgan fingerprint density at radius 3 is 2.80 bits per heavy atom.